The van der Waals surface area contributed by atoms with Crippen molar-refractivity contribution in [3.05, 3.63) is 0 Å². The molecule has 0 saturated carbocycles. The first-order valence-corrected chi connectivity index (χ1v) is 5.63. The van der Waals surface area contributed by atoms with Gasteiger partial charge < -0.3 is 15.0 Å². The third-order valence-electron chi connectivity index (χ3n) is 2.26. The summed E-state index contributed by atoms with van der Waals surface area (Å²) in [4.78, 5) is 2.06. The minimum Gasteiger partial charge on any atom is -0.376 e. The molecule has 0 spiro atoms. The third kappa shape index (κ3) is 3.80. The van der Waals surface area contributed by atoms with Gasteiger partial charge in [-0.25, -0.2) is 0 Å². The quantitative estimate of drug-likeness (QED) is 0.720. The van der Waals surface area contributed by atoms with Crippen molar-refractivity contribution in [1.29, 1.82) is 0 Å². The minimum absolute atomic E-state index is 0.368. The fourth-order valence-electron chi connectivity index (χ4n) is 1.53. The van der Waals surface area contributed by atoms with Crippen LogP contribution in [0.2, 0.25) is 0 Å². The molecule has 1 saturated heterocycles. The van der Waals surface area contributed by atoms with Gasteiger partial charge in [0.05, 0.1) is 6.10 Å². The van der Waals surface area contributed by atoms with E-state index >= 15 is 0 Å². The standard InChI is InChI=1S/C10H20N2OS/c1-8(2)11-10(14)12(3)7-9-5-4-6-13-9/h8-9H,4-7H2,1-3H3,(H,11,14). The van der Waals surface area contributed by atoms with E-state index in [4.69, 9.17) is 17.0 Å². The Kier molecular flexibility index (Phi) is 4.62. The third-order valence-corrected chi connectivity index (χ3v) is 2.69. The van der Waals surface area contributed by atoms with E-state index in [1.165, 1.54) is 6.42 Å². The smallest absolute Gasteiger partial charge is 0.168 e. The summed E-state index contributed by atoms with van der Waals surface area (Å²) in [5.74, 6) is 0. The van der Waals surface area contributed by atoms with Crippen molar-refractivity contribution in [3.63, 3.8) is 0 Å². The van der Waals surface area contributed by atoms with Crippen molar-refractivity contribution >= 4 is 17.3 Å². The molecule has 1 atom stereocenters. The Balaban J connectivity index is 2.25. The number of hydrogen-bond donors (Lipinski definition) is 1. The zero-order valence-corrected chi connectivity index (χ0v) is 10.1. The number of nitrogens with one attached hydrogen (secondary N) is 1. The summed E-state index contributed by atoms with van der Waals surface area (Å²) in [7, 11) is 2.01. The van der Waals surface area contributed by atoms with Gasteiger partial charge in [-0.15, -0.1) is 0 Å². The summed E-state index contributed by atoms with van der Waals surface area (Å²) < 4.78 is 5.55. The van der Waals surface area contributed by atoms with Crippen molar-refractivity contribution < 1.29 is 4.74 Å². The predicted molar refractivity (Wildman–Crippen MR) is 62.5 cm³/mol. The van der Waals surface area contributed by atoms with E-state index in [0.29, 0.717) is 12.1 Å². The molecule has 0 aromatic rings. The van der Waals surface area contributed by atoms with Gasteiger partial charge in [0.25, 0.3) is 0 Å². The van der Waals surface area contributed by atoms with E-state index in [1.807, 2.05) is 7.05 Å². The highest BCUT2D eigenvalue weighted by Crippen LogP contribution is 2.12. The summed E-state index contributed by atoms with van der Waals surface area (Å²) in [5, 5.41) is 4.03. The summed E-state index contributed by atoms with van der Waals surface area (Å²) in [5.41, 5.74) is 0. The molecule has 0 aliphatic carbocycles. The number of hydrogen-bond acceptors (Lipinski definition) is 2. The Morgan fingerprint density at radius 3 is 2.86 bits per heavy atom. The van der Waals surface area contributed by atoms with Gasteiger partial charge in [0, 0.05) is 26.2 Å². The zero-order chi connectivity index (χ0) is 10.6. The average molecular weight is 216 g/mol. The predicted octanol–water partition coefficient (Wildman–Crippen LogP) is 1.38. The van der Waals surface area contributed by atoms with Gasteiger partial charge in [-0.05, 0) is 38.9 Å². The van der Waals surface area contributed by atoms with Crippen LogP contribution in [0.4, 0.5) is 0 Å². The molecule has 1 unspecified atom stereocenters. The second kappa shape index (κ2) is 5.51. The molecule has 1 rings (SSSR count). The van der Waals surface area contributed by atoms with Crippen LogP contribution in [0.15, 0.2) is 0 Å². The average Bonchev–Trinajstić information content (AvgIpc) is 2.55. The Morgan fingerprint density at radius 2 is 2.36 bits per heavy atom. The van der Waals surface area contributed by atoms with Crippen molar-refractivity contribution in [3.8, 4) is 0 Å². The number of thiocarbonyl (C=S) groups is 1. The first kappa shape index (κ1) is 11.7. The van der Waals surface area contributed by atoms with Gasteiger partial charge in [0.15, 0.2) is 5.11 Å². The first-order chi connectivity index (χ1) is 6.59. The van der Waals surface area contributed by atoms with Gasteiger partial charge in [-0.3, -0.25) is 0 Å². The van der Waals surface area contributed by atoms with E-state index in [1.54, 1.807) is 0 Å². The molecule has 0 amide bonds. The lowest BCUT2D eigenvalue weighted by Gasteiger charge is -2.25. The first-order valence-electron chi connectivity index (χ1n) is 5.23. The zero-order valence-electron chi connectivity index (χ0n) is 9.25. The minimum atomic E-state index is 0.368. The molecule has 0 bridgehead atoms. The SMILES string of the molecule is CC(C)NC(=S)N(C)CC1CCCO1. The molecule has 1 aliphatic heterocycles. The monoisotopic (exact) mass is 216 g/mol. The largest absolute Gasteiger partial charge is 0.376 e. The normalized spacial score (nSPS) is 21.3. The summed E-state index contributed by atoms with van der Waals surface area (Å²) >= 11 is 5.25. The number of ether oxygens (including phenoxy) is 1. The van der Waals surface area contributed by atoms with Crippen LogP contribution >= 0.6 is 12.2 Å². The molecule has 1 heterocycles. The molecule has 0 radical (unpaired) electrons. The number of rotatable bonds is 3. The Hall–Kier alpha value is -0.350. The van der Waals surface area contributed by atoms with Crippen LogP contribution in [0.1, 0.15) is 26.7 Å². The Morgan fingerprint density at radius 1 is 1.64 bits per heavy atom. The molecule has 82 valence electrons. The summed E-state index contributed by atoms with van der Waals surface area (Å²) in [6.45, 7) is 5.99. The summed E-state index contributed by atoms with van der Waals surface area (Å²) in [6.07, 6.45) is 2.71. The lowest BCUT2D eigenvalue weighted by molar-refractivity contribution is 0.0956. The van der Waals surface area contributed by atoms with Gasteiger partial charge in [-0.1, -0.05) is 0 Å². The molecule has 4 heteroatoms. The molecular formula is C10H20N2OS. The van der Waals surface area contributed by atoms with Crippen molar-refractivity contribution in [2.45, 2.75) is 38.8 Å². The second-order valence-electron chi connectivity index (χ2n) is 4.12. The van der Waals surface area contributed by atoms with E-state index in [9.17, 15) is 0 Å². The van der Waals surface area contributed by atoms with Crippen molar-refractivity contribution in [2.75, 3.05) is 20.2 Å². The fraction of sp³-hybridized carbons (Fsp3) is 0.900. The molecule has 1 fully saturated rings. The maximum absolute atomic E-state index is 5.55. The van der Waals surface area contributed by atoms with E-state index in [2.05, 4.69) is 24.1 Å². The van der Waals surface area contributed by atoms with E-state index in [0.717, 1.165) is 24.7 Å². The van der Waals surface area contributed by atoms with Crippen LogP contribution in [0.25, 0.3) is 0 Å². The van der Waals surface area contributed by atoms with Crippen molar-refractivity contribution in [2.24, 2.45) is 0 Å². The van der Waals surface area contributed by atoms with Crippen LogP contribution in [0.3, 0.4) is 0 Å². The Labute approximate surface area is 91.8 Å². The highest BCUT2D eigenvalue weighted by molar-refractivity contribution is 7.80. The van der Waals surface area contributed by atoms with Gasteiger partial charge >= 0.3 is 0 Å². The molecule has 0 aromatic heterocycles. The summed E-state index contributed by atoms with van der Waals surface area (Å²) in [6, 6.07) is 0.398. The van der Waals surface area contributed by atoms with Gasteiger partial charge in [0.2, 0.25) is 0 Å². The van der Waals surface area contributed by atoms with Crippen LogP contribution < -0.4 is 5.32 Å². The molecule has 3 nitrogen and oxygen atoms in total. The molecular weight excluding hydrogens is 196 g/mol. The lowest BCUT2D eigenvalue weighted by atomic mass is 10.2. The lowest BCUT2D eigenvalue weighted by Crippen LogP contribution is -2.43. The molecule has 1 N–H and O–H groups in total. The topological polar surface area (TPSA) is 24.5 Å². The number of nitrogens with zero attached hydrogens (tertiary/aromatic N) is 1. The van der Waals surface area contributed by atoms with Gasteiger partial charge in [-0.2, -0.15) is 0 Å². The molecule has 1 aliphatic rings. The van der Waals surface area contributed by atoms with Gasteiger partial charge in [0.1, 0.15) is 0 Å². The highest BCUT2D eigenvalue weighted by Gasteiger charge is 2.18. The van der Waals surface area contributed by atoms with E-state index in [-0.39, 0.29) is 0 Å². The Bertz CT molecular complexity index is 191. The molecule has 14 heavy (non-hydrogen) atoms. The van der Waals surface area contributed by atoms with Crippen LogP contribution in [-0.4, -0.2) is 42.4 Å². The van der Waals surface area contributed by atoms with Crippen LogP contribution in [0.5, 0.6) is 0 Å². The fourth-order valence-corrected chi connectivity index (χ4v) is 1.84. The second-order valence-corrected chi connectivity index (χ2v) is 4.51. The highest BCUT2D eigenvalue weighted by atomic mass is 32.1. The number of likely N-dealkylation sites (N-methyl/N-ethyl adjacent to an activating group) is 1. The van der Waals surface area contributed by atoms with Crippen molar-refractivity contribution in [1.82, 2.24) is 10.2 Å². The maximum Gasteiger partial charge on any atom is 0.168 e. The van der Waals surface area contributed by atoms with Crippen LogP contribution in [0, 0.1) is 0 Å². The van der Waals surface area contributed by atoms with E-state index < -0.39 is 0 Å². The van der Waals surface area contributed by atoms with Crippen LogP contribution in [-0.2, 0) is 4.74 Å². The molecule has 0 aromatic carbocycles. The maximum atomic E-state index is 5.55.